The first-order chi connectivity index (χ1) is 8.02. The molecule has 1 fully saturated rings. The lowest BCUT2D eigenvalue weighted by Crippen LogP contribution is -2.50. The average Bonchev–Trinajstić information content (AvgIpc) is 2.36. The van der Waals surface area contributed by atoms with Gasteiger partial charge in [0.15, 0.2) is 0 Å². The number of carbonyl (C=O) groups is 2. The van der Waals surface area contributed by atoms with Crippen molar-refractivity contribution in [3.63, 3.8) is 0 Å². The zero-order valence-corrected chi connectivity index (χ0v) is 9.95. The van der Waals surface area contributed by atoms with Crippen molar-refractivity contribution >= 4 is 11.8 Å². The number of nitrogens with one attached hydrogen (secondary N) is 1. The molecule has 0 bridgehead atoms. The molecule has 2 amide bonds. The smallest absolute Gasteiger partial charge is 0.248 e. The Hall–Kier alpha value is -1.14. The van der Waals surface area contributed by atoms with Gasteiger partial charge >= 0.3 is 0 Å². The number of nitrogens with two attached hydrogens (primary N) is 2. The molecule has 0 spiro atoms. The van der Waals surface area contributed by atoms with E-state index in [2.05, 4.69) is 5.32 Å². The van der Waals surface area contributed by atoms with Gasteiger partial charge in [-0.3, -0.25) is 9.59 Å². The molecule has 1 aliphatic rings. The number of carbonyl (C=O) groups excluding carboxylic acids is 2. The Bertz CT molecular complexity index is 288. The topological polar surface area (TPSA) is 118 Å². The Morgan fingerprint density at radius 3 is 2.35 bits per heavy atom. The second-order valence-corrected chi connectivity index (χ2v) is 4.67. The molecule has 0 aliphatic heterocycles. The molecule has 17 heavy (non-hydrogen) atoms. The van der Waals surface area contributed by atoms with Crippen LogP contribution < -0.4 is 16.8 Å². The van der Waals surface area contributed by atoms with E-state index < -0.39 is 17.4 Å². The average molecular weight is 243 g/mol. The molecule has 98 valence electrons. The van der Waals surface area contributed by atoms with E-state index in [0.29, 0.717) is 6.54 Å². The number of hydrogen-bond donors (Lipinski definition) is 4. The molecular formula is C11H21N3O3. The van der Waals surface area contributed by atoms with Gasteiger partial charge in [-0.1, -0.05) is 19.3 Å². The number of primary amides is 1. The number of aliphatic hydroxyl groups excluding tert-OH is 1. The maximum atomic E-state index is 12.0. The Balaban J connectivity index is 2.52. The summed E-state index contributed by atoms with van der Waals surface area (Å²) in [6.45, 7) is 0.154. The fourth-order valence-corrected chi connectivity index (χ4v) is 2.23. The quantitative estimate of drug-likeness (QED) is 0.488. The summed E-state index contributed by atoms with van der Waals surface area (Å²) in [5.41, 5.74) is 10.1. The van der Waals surface area contributed by atoms with Gasteiger partial charge in [-0.2, -0.15) is 0 Å². The lowest BCUT2D eigenvalue weighted by atomic mass is 9.73. The number of amides is 2. The van der Waals surface area contributed by atoms with Crippen molar-refractivity contribution in [3.8, 4) is 0 Å². The maximum Gasteiger partial charge on any atom is 0.248 e. The molecule has 6 N–H and O–H groups in total. The first kappa shape index (κ1) is 13.9. The van der Waals surface area contributed by atoms with Gasteiger partial charge in [0, 0.05) is 6.54 Å². The number of aliphatic hydroxyl groups is 1. The van der Waals surface area contributed by atoms with Crippen molar-refractivity contribution in [1.82, 2.24) is 5.32 Å². The Kier molecular flexibility index (Phi) is 4.89. The van der Waals surface area contributed by atoms with Crippen LogP contribution in [0.2, 0.25) is 0 Å². The summed E-state index contributed by atoms with van der Waals surface area (Å²) in [6.07, 6.45) is 3.30. The minimum atomic E-state index is -1.34. The molecule has 0 saturated heterocycles. The van der Waals surface area contributed by atoms with Gasteiger partial charge in [-0.25, -0.2) is 0 Å². The normalized spacial score (nSPS) is 20.6. The van der Waals surface area contributed by atoms with Crippen molar-refractivity contribution in [2.24, 2.45) is 16.9 Å². The van der Waals surface area contributed by atoms with Gasteiger partial charge in [-0.15, -0.1) is 0 Å². The van der Waals surface area contributed by atoms with Crippen molar-refractivity contribution in [2.75, 3.05) is 13.1 Å². The molecule has 1 saturated carbocycles. The molecule has 1 aliphatic carbocycles. The van der Waals surface area contributed by atoms with Gasteiger partial charge in [0.25, 0.3) is 0 Å². The summed E-state index contributed by atoms with van der Waals surface area (Å²) < 4.78 is 0. The molecule has 1 rings (SSSR count). The number of rotatable bonds is 5. The van der Waals surface area contributed by atoms with Crippen LogP contribution in [0.1, 0.15) is 32.1 Å². The molecule has 1 unspecified atom stereocenters. The van der Waals surface area contributed by atoms with Crippen LogP contribution in [0.15, 0.2) is 0 Å². The first-order valence-electron chi connectivity index (χ1n) is 5.97. The molecule has 0 aromatic carbocycles. The van der Waals surface area contributed by atoms with Crippen LogP contribution in [0.4, 0.5) is 0 Å². The first-order valence-corrected chi connectivity index (χ1v) is 5.97. The Morgan fingerprint density at radius 2 is 1.88 bits per heavy atom. The highest BCUT2D eigenvalue weighted by Crippen LogP contribution is 2.35. The van der Waals surface area contributed by atoms with E-state index in [1.807, 2.05) is 0 Å². The van der Waals surface area contributed by atoms with Crippen molar-refractivity contribution < 1.29 is 14.7 Å². The lowest BCUT2D eigenvalue weighted by molar-refractivity contribution is -0.133. The third-order valence-electron chi connectivity index (χ3n) is 3.47. The van der Waals surface area contributed by atoms with Crippen LogP contribution in [-0.4, -0.2) is 36.1 Å². The zero-order valence-electron chi connectivity index (χ0n) is 9.95. The second kappa shape index (κ2) is 5.97. The fraction of sp³-hybridized carbons (Fsp3) is 0.818. The van der Waals surface area contributed by atoms with E-state index in [0.717, 1.165) is 32.1 Å². The van der Waals surface area contributed by atoms with Crippen molar-refractivity contribution in [2.45, 2.75) is 38.2 Å². The summed E-state index contributed by atoms with van der Waals surface area (Å²) in [5.74, 6) is -1.02. The minimum Gasteiger partial charge on any atom is -0.381 e. The highest BCUT2D eigenvalue weighted by molar-refractivity contribution is 5.84. The van der Waals surface area contributed by atoms with Crippen LogP contribution >= 0.6 is 0 Å². The highest BCUT2D eigenvalue weighted by Gasteiger charge is 2.38. The predicted octanol–water partition coefficient (Wildman–Crippen LogP) is -1.14. The molecule has 6 nitrogen and oxygen atoms in total. The predicted molar refractivity (Wildman–Crippen MR) is 62.8 cm³/mol. The van der Waals surface area contributed by atoms with Gasteiger partial charge < -0.3 is 21.9 Å². The zero-order chi connectivity index (χ0) is 12.9. The van der Waals surface area contributed by atoms with Crippen molar-refractivity contribution in [1.29, 1.82) is 0 Å². The van der Waals surface area contributed by atoms with E-state index in [-0.39, 0.29) is 12.5 Å². The molecule has 1 atom stereocenters. The van der Waals surface area contributed by atoms with E-state index >= 15 is 0 Å². The summed E-state index contributed by atoms with van der Waals surface area (Å²) in [6, 6.07) is 0. The lowest BCUT2D eigenvalue weighted by Gasteiger charge is -2.34. The Labute approximate surface area is 101 Å². The summed E-state index contributed by atoms with van der Waals surface area (Å²) in [7, 11) is 0. The van der Waals surface area contributed by atoms with Gasteiger partial charge in [0.2, 0.25) is 11.8 Å². The van der Waals surface area contributed by atoms with E-state index in [9.17, 15) is 14.7 Å². The minimum absolute atomic E-state index is 0.143. The van der Waals surface area contributed by atoms with E-state index in [1.165, 1.54) is 0 Å². The van der Waals surface area contributed by atoms with Crippen LogP contribution in [0.25, 0.3) is 0 Å². The van der Waals surface area contributed by atoms with Crippen molar-refractivity contribution in [3.05, 3.63) is 0 Å². The standard InChI is InChI=1S/C11H21N3O3/c12-7-11(4-2-1-3-5-11)10(17)14-6-8(15)9(13)16/h8,15H,1-7,12H2,(H2,13,16)(H,14,17). The molecular weight excluding hydrogens is 222 g/mol. The monoisotopic (exact) mass is 243 g/mol. The molecule has 6 heteroatoms. The van der Waals surface area contributed by atoms with Crippen LogP contribution in [0, 0.1) is 5.41 Å². The summed E-state index contributed by atoms with van der Waals surface area (Å²) in [4.78, 5) is 22.7. The summed E-state index contributed by atoms with van der Waals surface area (Å²) in [5, 5.41) is 11.8. The van der Waals surface area contributed by atoms with Gasteiger partial charge in [-0.05, 0) is 12.8 Å². The molecule has 0 radical (unpaired) electrons. The summed E-state index contributed by atoms with van der Waals surface area (Å²) >= 11 is 0. The van der Waals surface area contributed by atoms with Crippen LogP contribution in [0.5, 0.6) is 0 Å². The SMILES string of the molecule is NCC1(C(=O)NCC(O)C(N)=O)CCCCC1. The van der Waals surface area contributed by atoms with Gasteiger partial charge in [0.1, 0.15) is 6.10 Å². The van der Waals surface area contributed by atoms with Gasteiger partial charge in [0.05, 0.1) is 12.0 Å². The van der Waals surface area contributed by atoms with Crippen LogP contribution in [-0.2, 0) is 9.59 Å². The highest BCUT2D eigenvalue weighted by atomic mass is 16.3. The third kappa shape index (κ3) is 3.41. The maximum absolute atomic E-state index is 12.0. The second-order valence-electron chi connectivity index (χ2n) is 4.67. The molecule has 0 aromatic rings. The van der Waals surface area contributed by atoms with Crippen LogP contribution in [0.3, 0.4) is 0 Å². The Morgan fingerprint density at radius 1 is 1.29 bits per heavy atom. The fourth-order valence-electron chi connectivity index (χ4n) is 2.23. The largest absolute Gasteiger partial charge is 0.381 e. The molecule has 0 heterocycles. The van der Waals surface area contributed by atoms with E-state index in [4.69, 9.17) is 11.5 Å². The van der Waals surface area contributed by atoms with E-state index in [1.54, 1.807) is 0 Å². The molecule has 0 aromatic heterocycles. The number of hydrogen-bond acceptors (Lipinski definition) is 4. The third-order valence-corrected chi connectivity index (χ3v) is 3.47.